The molecule has 114 valence electrons. The molecule has 0 amide bonds. The zero-order chi connectivity index (χ0) is 15.6. The average molecular weight is 302 g/mol. The van der Waals surface area contributed by atoms with Crippen LogP contribution in [0.3, 0.4) is 0 Å². The summed E-state index contributed by atoms with van der Waals surface area (Å²) in [6.07, 6.45) is 4.04. The molecule has 23 heavy (non-hydrogen) atoms. The molecule has 0 aliphatic carbocycles. The summed E-state index contributed by atoms with van der Waals surface area (Å²) in [5, 5.41) is 10.6. The van der Waals surface area contributed by atoms with Crippen LogP contribution in [0.1, 0.15) is 30.0 Å². The van der Waals surface area contributed by atoms with Gasteiger partial charge < -0.3 is 9.88 Å². The van der Waals surface area contributed by atoms with Gasteiger partial charge in [0.2, 0.25) is 0 Å². The highest BCUT2D eigenvalue weighted by molar-refractivity contribution is 5.80. The van der Waals surface area contributed by atoms with E-state index in [1.54, 1.807) is 6.20 Å². The van der Waals surface area contributed by atoms with E-state index in [0.29, 0.717) is 11.5 Å². The maximum Gasteiger partial charge on any atom is 0.146 e. The lowest BCUT2D eigenvalue weighted by molar-refractivity contribution is 0.500. The van der Waals surface area contributed by atoms with Crippen LogP contribution in [-0.4, -0.2) is 23.1 Å². The molecule has 3 heterocycles. The fourth-order valence-electron chi connectivity index (χ4n) is 3.48. The number of hydrogen-bond acceptors (Lipinski definition) is 3. The van der Waals surface area contributed by atoms with Crippen molar-refractivity contribution in [3.05, 3.63) is 59.9 Å². The Morgan fingerprint density at radius 1 is 1.22 bits per heavy atom. The van der Waals surface area contributed by atoms with E-state index in [2.05, 4.69) is 51.3 Å². The van der Waals surface area contributed by atoms with Gasteiger partial charge in [-0.2, -0.15) is 5.26 Å². The van der Waals surface area contributed by atoms with E-state index in [1.807, 2.05) is 12.1 Å². The maximum absolute atomic E-state index is 9.30. The van der Waals surface area contributed by atoms with Gasteiger partial charge in [-0.05, 0) is 42.5 Å². The van der Waals surface area contributed by atoms with Crippen LogP contribution in [0.25, 0.3) is 10.9 Å². The van der Waals surface area contributed by atoms with Gasteiger partial charge in [0.15, 0.2) is 0 Å². The molecule has 0 saturated carbocycles. The number of nitrogens with zero attached hydrogens (tertiary/aromatic N) is 3. The number of fused-ring (bicyclic) bond motifs is 1. The zero-order valence-electron chi connectivity index (χ0n) is 12.9. The summed E-state index contributed by atoms with van der Waals surface area (Å²) in [5.74, 6) is 1.26. The van der Waals surface area contributed by atoms with E-state index in [1.165, 1.54) is 16.6 Å². The van der Waals surface area contributed by atoms with Crippen LogP contribution in [0.2, 0.25) is 0 Å². The highest BCUT2D eigenvalue weighted by atomic mass is 15.2. The summed E-state index contributed by atoms with van der Waals surface area (Å²) in [6.45, 7) is 1.86. The van der Waals surface area contributed by atoms with E-state index in [4.69, 9.17) is 0 Å². The summed E-state index contributed by atoms with van der Waals surface area (Å²) in [5.41, 5.74) is 3.13. The molecule has 0 bridgehead atoms. The monoisotopic (exact) mass is 302 g/mol. The zero-order valence-corrected chi connectivity index (χ0v) is 12.9. The summed E-state index contributed by atoms with van der Waals surface area (Å²) in [6, 6.07) is 16.6. The predicted octanol–water partition coefficient (Wildman–Crippen LogP) is 3.82. The number of nitrogens with one attached hydrogen (secondary N) is 1. The number of piperidine rings is 1. The fraction of sp³-hybridized carbons (Fsp3) is 0.263. The van der Waals surface area contributed by atoms with Crippen LogP contribution in [0.4, 0.5) is 5.82 Å². The average Bonchev–Trinajstić information content (AvgIpc) is 3.06. The quantitative estimate of drug-likeness (QED) is 0.783. The number of aromatic amines is 1. The minimum atomic E-state index is 0.449. The number of rotatable bonds is 2. The second kappa shape index (κ2) is 5.77. The minimum absolute atomic E-state index is 0.449. The van der Waals surface area contributed by atoms with Gasteiger partial charge in [-0.1, -0.05) is 18.2 Å². The summed E-state index contributed by atoms with van der Waals surface area (Å²) in [4.78, 5) is 10.2. The minimum Gasteiger partial charge on any atom is -0.358 e. The van der Waals surface area contributed by atoms with Crippen molar-refractivity contribution in [3.63, 3.8) is 0 Å². The molecule has 2 aromatic heterocycles. The van der Waals surface area contributed by atoms with E-state index >= 15 is 0 Å². The number of aromatic nitrogens is 2. The lowest BCUT2D eigenvalue weighted by Gasteiger charge is -2.33. The van der Waals surface area contributed by atoms with Crippen LogP contribution < -0.4 is 4.90 Å². The van der Waals surface area contributed by atoms with Gasteiger partial charge in [-0.25, -0.2) is 4.98 Å². The first kappa shape index (κ1) is 13.8. The Labute approximate surface area is 135 Å². The standard InChI is InChI=1S/C19H18N4/c20-12-15-6-3-9-21-19(15)23-10-4-7-16(13-23)18-11-14-5-1-2-8-17(14)22-18/h1-3,5-6,8-9,11,16,22H,4,7,10,13H2. The Hall–Kier alpha value is -2.80. The van der Waals surface area contributed by atoms with Crippen LogP contribution in [0, 0.1) is 11.3 Å². The molecule has 1 aliphatic heterocycles. The number of hydrogen-bond donors (Lipinski definition) is 1. The third-order valence-corrected chi connectivity index (χ3v) is 4.62. The van der Waals surface area contributed by atoms with Crippen molar-refractivity contribution in [1.29, 1.82) is 5.26 Å². The van der Waals surface area contributed by atoms with Gasteiger partial charge >= 0.3 is 0 Å². The molecule has 4 rings (SSSR count). The lowest BCUT2D eigenvalue weighted by atomic mass is 9.94. The van der Waals surface area contributed by atoms with Gasteiger partial charge in [0.25, 0.3) is 0 Å². The van der Waals surface area contributed by atoms with Crippen molar-refractivity contribution in [2.45, 2.75) is 18.8 Å². The van der Waals surface area contributed by atoms with Crippen molar-refractivity contribution in [2.75, 3.05) is 18.0 Å². The number of benzene rings is 1. The normalized spacial score (nSPS) is 18.0. The first-order valence-electron chi connectivity index (χ1n) is 8.03. The Morgan fingerprint density at radius 2 is 2.13 bits per heavy atom. The van der Waals surface area contributed by atoms with Crippen LogP contribution in [-0.2, 0) is 0 Å². The van der Waals surface area contributed by atoms with Gasteiger partial charge in [-0.3, -0.25) is 0 Å². The van der Waals surface area contributed by atoms with Crippen molar-refractivity contribution in [3.8, 4) is 6.07 Å². The molecule has 0 radical (unpaired) electrons. The summed E-state index contributed by atoms with van der Waals surface area (Å²) >= 11 is 0. The second-order valence-corrected chi connectivity index (χ2v) is 6.08. The second-order valence-electron chi connectivity index (χ2n) is 6.08. The molecule has 0 spiro atoms. The van der Waals surface area contributed by atoms with Crippen LogP contribution >= 0.6 is 0 Å². The molecule has 4 nitrogen and oxygen atoms in total. The third kappa shape index (κ3) is 2.55. The molecule has 4 heteroatoms. The van der Waals surface area contributed by atoms with Gasteiger partial charge in [0.05, 0.1) is 5.56 Å². The highest BCUT2D eigenvalue weighted by Crippen LogP contribution is 2.31. The number of H-pyrrole nitrogens is 1. The van der Waals surface area contributed by atoms with Crippen LogP contribution in [0.15, 0.2) is 48.7 Å². The van der Waals surface area contributed by atoms with E-state index in [-0.39, 0.29) is 0 Å². The molecular weight excluding hydrogens is 284 g/mol. The third-order valence-electron chi connectivity index (χ3n) is 4.62. The van der Waals surface area contributed by atoms with E-state index in [9.17, 15) is 5.26 Å². The van der Waals surface area contributed by atoms with E-state index < -0.39 is 0 Å². The van der Waals surface area contributed by atoms with E-state index in [0.717, 1.165) is 31.7 Å². The highest BCUT2D eigenvalue weighted by Gasteiger charge is 2.24. The van der Waals surface area contributed by atoms with Gasteiger partial charge in [0.1, 0.15) is 11.9 Å². The van der Waals surface area contributed by atoms with Crippen molar-refractivity contribution in [1.82, 2.24) is 9.97 Å². The first-order chi connectivity index (χ1) is 11.3. The smallest absolute Gasteiger partial charge is 0.146 e. The van der Waals surface area contributed by atoms with Crippen molar-refractivity contribution in [2.24, 2.45) is 0 Å². The molecular formula is C19H18N4. The molecule has 1 aliphatic rings. The number of anilines is 1. The Bertz CT molecular complexity index is 841. The van der Waals surface area contributed by atoms with Crippen LogP contribution in [0.5, 0.6) is 0 Å². The molecule has 1 atom stereocenters. The molecule has 1 fully saturated rings. The first-order valence-corrected chi connectivity index (χ1v) is 8.03. The maximum atomic E-state index is 9.30. The number of pyridine rings is 1. The number of para-hydroxylation sites is 1. The molecule has 1 aromatic carbocycles. The Balaban J connectivity index is 1.63. The molecule has 3 aromatic rings. The fourth-order valence-corrected chi connectivity index (χ4v) is 3.48. The lowest BCUT2D eigenvalue weighted by Crippen LogP contribution is -2.35. The SMILES string of the molecule is N#Cc1cccnc1N1CCCC(c2cc3ccccc3[nH]2)C1. The largest absolute Gasteiger partial charge is 0.358 e. The summed E-state index contributed by atoms with van der Waals surface area (Å²) in [7, 11) is 0. The molecule has 1 N–H and O–H groups in total. The number of nitriles is 1. The molecule has 1 saturated heterocycles. The Kier molecular flexibility index (Phi) is 3.47. The van der Waals surface area contributed by atoms with Gasteiger partial charge in [0, 0.05) is 36.4 Å². The predicted molar refractivity (Wildman–Crippen MR) is 91.4 cm³/mol. The van der Waals surface area contributed by atoms with Crippen molar-refractivity contribution < 1.29 is 0 Å². The van der Waals surface area contributed by atoms with Crippen molar-refractivity contribution >= 4 is 16.7 Å². The Morgan fingerprint density at radius 3 is 3.00 bits per heavy atom. The topological polar surface area (TPSA) is 55.7 Å². The summed E-state index contributed by atoms with van der Waals surface area (Å²) < 4.78 is 0. The molecule has 1 unspecified atom stereocenters. The van der Waals surface area contributed by atoms with Gasteiger partial charge in [-0.15, -0.1) is 0 Å².